The first-order chi connectivity index (χ1) is 16.3. The predicted molar refractivity (Wildman–Crippen MR) is 136 cm³/mol. The summed E-state index contributed by atoms with van der Waals surface area (Å²) < 4.78 is 2.73. The van der Waals surface area contributed by atoms with Gasteiger partial charge in [0.15, 0.2) is 0 Å². The standard InChI is InChI=1S/C24H21ClN6O2S/c1-13(32)30(3)31(12-20-21(25)15-6-4-5-7-19(15)34-20)24(33)14-8-9-18-16(10-14)22-17(23(26)28-18)11-27-29(22)2/h4-11H,12H2,1-3H3,(H2,26,28). The zero-order chi connectivity index (χ0) is 24.1. The number of aromatic nitrogens is 3. The van der Waals surface area contributed by atoms with Crippen LogP contribution in [0.15, 0.2) is 48.7 Å². The van der Waals surface area contributed by atoms with Crippen LogP contribution in [0.1, 0.15) is 22.2 Å². The van der Waals surface area contributed by atoms with E-state index in [4.69, 9.17) is 17.3 Å². The Morgan fingerprint density at radius 2 is 1.91 bits per heavy atom. The van der Waals surface area contributed by atoms with Gasteiger partial charge in [-0.05, 0) is 24.3 Å². The van der Waals surface area contributed by atoms with E-state index in [0.29, 0.717) is 21.9 Å². The molecule has 2 N–H and O–H groups in total. The van der Waals surface area contributed by atoms with Gasteiger partial charge in [0, 0.05) is 46.9 Å². The van der Waals surface area contributed by atoms with Gasteiger partial charge >= 0.3 is 0 Å². The minimum Gasteiger partial charge on any atom is -0.383 e. The number of carbonyl (C=O) groups excluding carboxylic acids is 2. The lowest BCUT2D eigenvalue weighted by Gasteiger charge is -2.31. The Labute approximate surface area is 204 Å². The van der Waals surface area contributed by atoms with E-state index in [-0.39, 0.29) is 18.4 Å². The molecule has 5 aromatic rings. The van der Waals surface area contributed by atoms with Gasteiger partial charge in [-0.1, -0.05) is 29.8 Å². The first-order valence-electron chi connectivity index (χ1n) is 10.5. The summed E-state index contributed by atoms with van der Waals surface area (Å²) in [6, 6.07) is 13.0. The third kappa shape index (κ3) is 3.53. The number of halogens is 1. The number of hydrazine groups is 1. The van der Waals surface area contributed by atoms with Gasteiger partial charge in [-0.2, -0.15) is 5.10 Å². The summed E-state index contributed by atoms with van der Waals surface area (Å²) in [6.07, 6.45) is 1.66. The van der Waals surface area contributed by atoms with Crippen molar-refractivity contribution in [2.75, 3.05) is 12.8 Å². The van der Waals surface area contributed by atoms with Gasteiger partial charge in [0.05, 0.1) is 34.2 Å². The maximum Gasteiger partial charge on any atom is 0.272 e. The second-order valence-corrected chi connectivity index (χ2v) is 9.51. The number of pyridine rings is 1. The summed E-state index contributed by atoms with van der Waals surface area (Å²) in [4.78, 5) is 31.2. The highest BCUT2D eigenvalue weighted by Crippen LogP contribution is 2.36. The molecular formula is C24H21ClN6O2S. The molecule has 10 heteroatoms. The van der Waals surface area contributed by atoms with E-state index in [9.17, 15) is 9.59 Å². The van der Waals surface area contributed by atoms with Crippen LogP contribution < -0.4 is 5.73 Å². The van der Waals surface area contributed by atoms with Crippen LogP contribution in [0.4, 0.5) is 5.82 Å². The van der Waals surface area contributed by atoms with E-state index >= 15 is 0 Å². The Hall–Kier alpha value is -3.69. The number of nitrogens with two attached hydrogens (primary N) is 1. The fourth-order valence-electron chi connectivity index (χ4n) is 4.03. The van der Waals surface area contributed by atoms with Crippen molar-refractivity contribution in [2.24, 2.45) is 7.05 Å². The summed E-state index contributed by atoms with van der Waals surface area (Å²) in [6.45, 7) is 1.57. The molecule has 0 unspecified atom stereocenters. The van der Waals surface area contributed by atoms with Crippen molar-refractivity contribution >= 4 is 72.5 Å². The zero-order valence-electron chi connectivity index (χ0n) is 18.7. The van der Waals surface area contributed by atoms with E-state index in [0.717, 1.165) is 31.3 Å². The number of aryl methyl sites for hydroxylation is 1. The molecule has 8 nitrogen and oxygen atoms in total. The number of carbonyl (C=O) groups is 2. The number of anilines is 1. The molecule has 2 aromatic carbocycles. The van der Waals surface area contributed by atoms with E-state index in [1.807, 2.05) is 31.3 Å². The lowest BCUT2D eigenvalue weighted by Crippen LogP contribution is -2.46. The van der Waals surface area contributed by atoms with Crippen molar-refractivity contribution < 1.29 is 9.59 Å². The number of rotatable bonds is 3. The average molecular weight is 493 g/mol. The lowest BCUT2D eigenvalue weighted by atomic mass is 10.1. The van der Waals surface area contributed by atoms with Gasteiger partial charge in [-0.15, -0.1) is 11.3 Å². The van der Waals surface area contributed by atoms with Crippen molar-refractivity contribution in [3.8, 4) is 0 Å². The Morgan fingerprint density at radius 1 is 1.15 bits per heavy atom. The second kappa shape index (κ2) is 8.27. The monoisotopic (exact) mass is 492 g/mol. The van der Waals surface area contributed by atoms with Crippen molar-refractivity contribution in [1.29, 1.82) is 0 Å². The van der Waals surface area contributed by atoms with Crippen molar-refractivity contribution in [3.63, 3.8) is 0 Å². The highest BCUT2D eigenvalue weighted by molar-refractivity contribution is 7.19. The van der Waals surface area contributed by atoms with Gasteiger partial charge in [0.25, 0.3) is 5.91 Å². The molecule has 0 fully saturated rings. The molecule has 0 aliphatic heterocycles. The molecule has 172 valence electrons. The molecule has 0 spiro atoms. The average Bonchev–Trinajstić information content (AvgIpc) is 3.37. The molecule has 0 bridgehead atoms. The molecule has 0 saturated carbocycles. The summed E-state index contributed by atoms with van der Waals surface area (Å²) >= 11 is 8.14. The molecule has 0 atom stereocenters. The molecule has 2 amide bonds. The topological polar surface area (TPSA) is 97.3 Å². The zero-order valence-corrected chi connectivity index (χ0v) is 20.3. The van der Waals surface area contributed by atoms with Crippen LogP contribution in [0, 0.1) is 0 Å². The Morgan fingerprint density at radius 3 is 2.65 bits per heavy atom. The molecule has 3 aromatic heterocycles. The van der Waals surface area contributed by atoms with Gasteiger partial charge in [-0.3, -0.25) is 19.3 Å². The van der Waals surface area contributed by atoms with Crippen LogP contribution in [-0.4, -0.2) is 43.6 Å². The highest BCUT2D eigenvalue weighted by Gasteiger charge is 2.25. The van der Waals surface area contributed by atoms with Crippen LogP contribution in [0.3, 0.4) is 0 Å². The van der Waals surface area contributed by atoms with Crippen LogP contribution in [0.2, 0.25) is 5.02 Å². The minimum atomic E-state index is -0.333. The van der Waals surface area contributed by atoms with Crippen LogP contribution in [0.25, 0.3) is 31.9 Å². The van der Waals surface area contributed by atoms with Gasteiger partial charge < -0.3 is 5.73 Å². The Balaban J connectivity index is 1.60. The quantitative estimate of drug-likeness (QED) is 0.371. The molecule has 0 aliphatic carbocycles. The number of nitrogens with zero attached hydrogens (tertiary/aromatic N) is 5. The van der Waals surface area contributed by atoms with Crippen molar-refractivity contribution in [2.45, 2.75) is 13.5 Å². The second-order valence-electron chi connectivity index (χ2n) is 8.00. The van der Waals surface area contributed by atoms with Crippen LogP contribution >= 0.6 is 22.9 Å². The third-order valence-corrected chi connectivity index (χ3v) is 7.60. The van der Waals surface area contributed by atoms with Gasteiger partial charge in [-0.25, -0.2) is 9.99 Å². The predicted octanol–water partition coefficient (Wildman–Crippen LogP) is 4.61. The summed E-state index contributed by atoms with van der Waals surface area (Å²) in [5.41, 5.74) is 7.95. The van der Waals surface area contributed by atoms with E-state index in [1.165, 1.54) is 28.3 Å². The van der Waals surface area contributed by atoms with Crippen molar-refractivity contribution in [1.82, 2.24) is 24.8 Å². The number of fused-ring (bicyclic) bond motifs is 4. The van der Waals surface area contributed by atoms with E-state index < -0.39 is 0 Å². The fraction of sp³-hybridized carbons (Fsp3) is 0.167. The fourth-order valence-corrected chi connectivity index (χ4v) is 5.50. The van der Waals surface area contributed by atoms with Crippen LogP contribution in [-0.2, 0) is 18.4 Å². The van der Waals surface area contributed by atoms with Gasteiger partial charge in [0.1, 0.15) is 5.82 Å². The molecule has 34 heavy (non-hydrogen) atoms. The van der Waals surface area contributed by atoms with Crippen molar-refractivity contribution in [3.05, 3.63) is 64.1 Å². The SMILES string of the molecule is CC(=O)N(C)N(Cc1sc2ccccc2c1Cl)C(=O)c1ccc2nc(N)c3cnn(C)c3c2c1. The van der Waals surface area contributed by atoms with Crippen LogP contribution in [0.5, 0.6) is 0 Å². The normalized spacial score (nSPS) is 11.4. The minimum absolute atomic E-state index is 0.159. The molecule has 0 radical (unpaired) electrons. The molecular weight excluding hydrogens is 472 g/mol. The highest BCUT2D eigenvalue weighted by atomic mass is 35.5. The number of hydrogen-bond acceptors (Lipinski definition) is 6. The summed E-state index contributed by atoms with van der Waals surface area (Å²) in [5, 5.41) is 9.99. The lowest BCUT2D eigenvalue weighted by molar-refractivity contribution is -0.140. The largest absolute Gasteiger partial charge is 0.383 e. The Kier molecular flexibility index (Phi) is 5.38. The maximum atomic E-state index is 13.7. The molecule has 0 saturated heterocycles. The summed E-state index contributed by atoms with van der Waals surface area (Å²) in [5.74, 6) is -0.220. The molecule has 3 heterocycles. The Bertz CT molecular complexity index is 1610. The van der Waals surface area contributed by atoms with E-state index in [1.54, 1.807) is 36.1 Å². The number of hydrogen-bond donors (Lipinski definition) is 1. The smallest absolute Gasteiger partial charge is 0.272 e. The number of nitrogen functional groups attached to an aromatic ring is 1. The van der Waals surface area contributed by atoms with E-state index in [2.05, 4.69) is 10.1 Å². The first-order valence-corrected chi connectivity index (χ1v) is 11.7. The molecule has 0 aliphatic rings. The van der Waals surface area contributed by atoms with Gasteiger partial charge in [0.2, 0.25) is 5.91 Å². The maximum absolute atomic E-state index is 13.7. The molecule has 5 rings (SSSR count). The number of benzene rings is 2. The summed E-state index contributed by atoms with van der Waals surface area (Å²) in [7, 11) is 3.39. The number of amides is 2. The first kappa shape index (κ1) is 22.1. The third-order valence-electron chi connectivity index (χ3n) is 5.90. The number of thiophene rings is 1.